The first-order chi connectivity index (χ1) is 39.5. The second-order valence-electron chi connectivity index (χ2n) is 22.0. The fourth-order valence-electron chi connectivity index (χ4n) is 9.20. The summed E-state index contributed by atoms with van der Waals surface area (Å²) in [5.74, 6) is -0.921. The molecule has 0 amide bonds. The Morgan fingerprint density at radius 3 is 0.775 bits per heavy atom. The summed E-state index contributed by atoms with van der Waals surface area (Å²) in [7, 11) is 0. The smallest absolute Gasteiger partial charge is 0.306 e. The minimum atomic E-state index is -0.797. The van der Waals surface area contributed by atoms with E-state index in [2.05, 4.69) is 142 Å². The lowest BCUT2D eigenvalue weighted by molar-refractivity contribution is -0.167. The molecule has 1 atom stereocenters. The van der Waals surface area contributed by atoms with Gasteiger partial charge in [0.2, 0.25) is 0 Å². The Balaban J connectivity index is 4.39. The van der Waals surface area contributed by atoms with Crippen molar-refractivity contribution in [2.45, 2.75) is 316 Å². The minimum Gasteiger partial charge on any atom is -0.462 e. The summed E-state index contributed by atoms with van der Waals surface area (Å²) in [5.41, 5.74) is 0. The van der Waals surface area contributed by atoms with Crippen LogP contribution in [0.25, 0.3) is 0 Å². The molecule has 0 rings (SSSR count). The molecule has 0 aromatic heterocycles. The number of unbranched alkanes of at least 4 members (excludes halogenated alkanes) is 29. The normalized spacial score (nSPS) is 12.9. The van der Waals surface area contributed by atoms with Crippen LogP contribution >= 0.6 is 0 Å². The highest BCUT2D eigenvalue weighted by molar-refractivity contribution is 5.71. The van der Waals surface area contributed by atoms with Gasteiger partial charge in [-0.3, -0.25) is 14.4 Å². The number of hydrogen-bond donors (Lipinski definition) is 0. The lowest BCUT2D eigenvalue weighted by Gasteiger charge is -2.18. The molecule has 0 saturated carbocycles. The third-order valence-corrected chi connectivity index (χ3v) is 14.2. The molecule has 0 bridgehead atoms. The number of rotatable bonds is 60. The van der Waals surface area contributed by atoms with Crippen LogP contribution in [0.15, 0.2) is 122 Å². The molecule has 6 nitrogen and oxygen atoms in total. The highest BCUT2D eigenvalue weighted by Gasteiger charge is 2.19. The lowest BCUT2D eigenvalue weighted by atomic mass is 10.0. The number of ether oxygens (including phenoxy) is 3. The maximum Gasteiger partial charge on any atom is 0.306 e. The number of esters is 3. The molecule has 0 saturated heterocycles. The molecular weight excluding hydrogens is 985 g/mol. The Morgan fingerprint density at radius 2 is 0.487 bits per heavy atom. The Hall–Kier alpha value is -4.19. The van der Waals surface area contributed by atoms with Gasteiger partial charge in [0.1, 0.15) is 13.2 Å². The Labute approximate surface area is 494 Å². The Bertz CT molecular complexity index is 1650. The van der Waals surface area contributed by atoms with E-state index in [0.717, 1.165) is 122 Å². The first-order valence-corrected chi connectivity index (χ1v) is 33.5. The standard InChI is InChI=1S/C74H124O6/c1-4-7-10-13-16-19-22-25-27-29-31-33-35-37-39-41-43-45-47-49-52-55-58-61-64-67-73(76)79-70-71(69-78-72(75)66-63-60-57-54-51-24-21-18-15-12-9-6-3)80-74(77)68-65-62-59-56-53-50-48-46-44-42-40-38-36-34-32-30-28-26-23-20-17-14-11-8-5-2/h7,10,16,19,23,25-27,30-33,36-39,43,45,49,52,71H,4-6,8-9,11-15,17-18,20-22,24,28-29,34-35,40-42,44,46-48,50-51,53-70H2,1-3H3/b10-7-,19-16-,26-23-,27-25-,32-30-,33-31-,38-36-,39-37-,45-43-,52-49-. The van der Waals surface area contributed by atoms with Gasteiger partial charge in [-0.15, -0.1) is 0 Å². The monoisotopic (exact) mass is 1110 g/mol. The van der Waals surface area contributed by atoms with Crippen LogP contribution in [-0.4, -0.2) is 37.2 Å². The zero-order chi connectivity index (χ0) is 57.8. The van der Waals surface area contributed by atoms with E-state index in [1.54, 1.807) is 0 Å². The van der Waals surface area contributed by atoms with Crippen molar-refractivity contribution >= 4 is 17.9 Å². The van der Waals surface area contributed by atoms with E-state index >= 15 is 0 Å². The molecule has 0 aromatic rings. The van der Waals surface area contributed by atoms with Crippen molar-refractivity contribution in [3.05, 3.63) is 122 Å². The zero-order valence-corrected chi connectivity index (χ0v) is 52.3. The molecule has 6 heteroatoms. The fourth-order valence-corrected chi connectivity index (χ4v) is 9.20. The number of carbonyl (C=O) groups is 3. The van der Waals surface area contributed by atoms with E-state index in [1.165, 1.54) is 148 Å². The van der Waals surface area contributed by atoms with Crippen molar-refractivity contribution in [1.29, 1.82) is 0 Å². The summed E-state index contributed by atoms with van der Waals surface area (Å²) in [6.45, 7) is 6.50. The van der Waals surface area contributed by atoms with E-state index < -0.39 is 6.10 Å². The molecule has 0 radical (unpaired) electrons. The van der Waals surface area contributed by atoms with Crippen molar-refractivity contribution in [3.63, 3.8) is 0 Å². The molecule has 456 valence electrons. The van der Waals surface area contributed by atoms with Crippen LogP contribution in [0.4, 0.5) is 0 Å². The predicted octanol–water partition coefficient (Wildman–Crippen LogP) is 23.2. The van der Waals surface area contributed by atoms with Crippen molar-refractivity contribution in [1.82, 2.24) is 0 Å². The van der Waals surface area contributed by atoms with Crippen molar-refractivity contribution < 1.29 is 28.6 Å². The second-order valence-corrected chi connectivity index (χ2v) is 22.0. The SMILES string of the molecule is CC/C=C\C/C=C\C/C=C\C/C=C\C/C=C\C/C=C\C/C=C\CCCCCC(=O)OCC(COC(=O)CCCCCCCCCCCCCC)OC(=O)CCCCCCCCCCCC/C=C\C/C=C\C/C=C\CCCCCCC. The van der Waals surface area contributed by atoms with Crippen LogP contribution in [0.1, 0.15) is 310 Å². The second kappa shape index (κ2) is 67.3. The Morgan fingerprint density at radius 1 is 0.263 bits per heavy atom. The third-order valence-electron chi connectivity index (χ3n) is 14.2. The maximum atomic E-state index is 12.9. The molecule has 0 fully saturated rings. The summed E-state index contributed by atoms with van der Waals surface area (Å²) in [6.07, 6.45) is 93.5. The zero-order valence-electron chi connectivity index (χ0n) is 52.3. The molecule has 0 spiro atoms. The van der Waals surface area contributed by atoms with Gasteiger partial charge >= 0.3 is 17.9 Å². The molecule has 0 aliphatic carbocycles. The van der Waals surface area contributed by atoms with Gasteiger partial charge in [-0.25, -0.2) is 0 Å². The molecule has 0 aliphatic heterocycles. The first kappa shape index (κ1) is 75.8. The van der Waals surface area contributed by atoms with E-state index in [0.29, 0.717) is 19.3 Å². The van der Waals surface area contributed by atoms with E-state index in [-0.39, 0.29) is 31.1 Å². The first-order valence-electron chi connectivity index (χ1n) is 33.5. The molecule has 0 aromatic carbocycles. The van der Waals surface area contributed by atoms with Gasteiger partial charge in [0.25, 0.3) is 0 Å². The van der Waals surface area contributed by atoms with E-state index in [4.69, 9.17) is 14.2 Å². The van der Waals surface area contributed by atoms with Crippen LogP contribution in [0.3, 0.4) is 0 Å². The quantitative estimate of drug-likeness (QED) is 0.0261. The molecular formula is C74H124O6. The topological polar surface area (TPSA) is 78.9 Å². The van der Waals surface area contributed by atoms with Crippen LogP contribution in [0, 0.1) is 0 Å². The summed E-state index contributed by atoms with van der Waals surface area (Å²) >= 11 is 0. The van der Waals surface area contributed by atoms with Gasteiger partial charge in [-0.1, -0.05) is 296 Å². The number of hydrogen-bond acceptors (Lipinski definition) is 6. The third kappa shape index (κ3) is 64.6. The maximum absolute atomic E-state index is 12.9. The molecule has 80 heavy (non-hydrogen) atoms. The van der Waals surface area contributed by atoms with Gasteiger partial charge in [0.05, 0.1) is 0 Å². The van der Waals surface area contributed by atoms with Gasteiger partial charge in [0, 0.05) is 19.3 Å². The molecule has 0 aliphatic rings. The van der Waals surface area contributed by atoms with Crippen molar-refractivity contribution in [2.75, 3.05) is 13.2 Å². The summed E-state index contributed by atoms with van der Waals surface area (Å²) in [5, 5.41) is 0. The van der Waals surface area contributed by atoms with Crippen molar-refractivity contribution in [2.24, 2.45) is 0 Å². The predicted molar refractivity (Wildman–Crippen MR) is 348 cm³/mol. The van der Waals surface area contributed by atoms with Crippen LogP contribution in [-0.2, 0) is 28.6 Å². The van der Waals surface area contributed by atoms with Crippen LogP contribution in [0.2, 0.25) is 0 Å². The molecule has 0 N–H and O–H groups in total. The largest absolute Gasteiger partial charge is 0.462 e. The summed E-state index contributed by atoms with van der Waals surface area (Å²) in [4.78, 5) is 38.3. The summed E-state index contributed by atoms with van der Waals surface area (Å²) < 4.78 is 16.9. The van der Waals surface area contributed by atoms with Gasteiger partial charge < -0.3 is 14.2 Å². The number of carbonyl (C=O) groups excluding carboxylic acids is 3. The van der Waals surface area contributed by atoms with Crippen molar-refractivity contribution in [3.8, 4) is 0 Å². The van der Waals surface area contributed by atoms with E-state index in [9.17, 15) is 14.4 Å². The van der Waals surface area contributed by atoms with Crippen LogP contribution < -0.4 is 0 Å². The lowest BCUT2D eigenvalue weighted by Crippen LogP contribution is -2.30. The van der Waals surface area contributed by atoms with E-state index in [1.807, 2.05) is 0 Å². The average Bonchev–Trinajstić information content (AvgIpc) is 3.46. The number of allylic oxidation sites excluding steroid dienone is 20. The highest BCUT2D eigenvalue weighted by atomic mass is 16.6. The summed E-state index contributed by atoms with van der Waals surface area (Å²) in [6, 6.07) is 0. The van der Waals surface area contributed by atoms with Gasteiger partial charge in [-0.05, 0) is 116 Å². The fraction of sp³-hybridized carbons (Fsp3) is 0.689. The molecule has 1 unspecified atom stereocenters. The molecule has 0 heterocycles. The van der Waals surface area contributed by atoms with Gasteiger partial charge in [-0.2, -0.15) is 0 Å². The highest BCUT2D eigenvalue weighted by Crippen LogP contribution is 2.16. The average molecular weight is 1110 g/mol. The van der Waals surface area contributed by atoms with Gasteiger partial charge in [0.15, 0.2) is 6.10 Å². The van der Waals surface area contributed by atoms with Crippen LogP contribution in [0.5, 0.6) is 0 Å². The minimum absolute atomic E-state index is 0.0903. The Kier molecular flexibility index (Phi) is 63.8.